The lowest BCUT2D eigenvalue weighted by Gasteiger charge is -2.22. The maximum absolute atomic E-state index is 13.3. The highest BCUT2D eigenvalue weighted by atomic mass is 35.5. The Balaban J connectivity index is 0.000000241. The van der Waals surface area contributed by atoms with E-state index >= 15 is 0 Å². The van der Waals surface area contributed by atoms with E-state index in [-0.39, 0.29) is 46.6 Å². The zero-order chi connectivity index (χ0) is 47.0. The molecule has 20 nitrogen and oxygen atoms in total. The number of halogens is 2. The number of aromatic nitrogens is 10. The second kappa shape index (κ2) is 22.0. The van der Waals surface area contributed by atoms with Gasteiger partial charge in [0.25, 0.3) is 0 Å². The molecule has 0 amide bonds. The lowest BCUT2D eigenvalue weighted by Crippen LogP contribution is -2.30. The molecule has 0 unspecified atom stereocenters. The van der Waals surface area contributed by atoms with Crippen molar-refractivity contribution in [3.63, 3.8) is 0 Å². The topological polar surface area (TPSA) is 237 Å². The van der Waals surface area contributed by atoms with Crippen LogP contribution in [-0.2, 0) is 72.7 Å². The third-order valence-electron chi connectivity index (χ3n) is 11.2. The molecule has 0 saturated carbocycles. The van der Waals surface area contributed by atoms with Gasteiger partial charge in [0.05, 0.1) is 45.0 Å². The van der Waals surface area contributed by atoms with Gasteiger partial charge in [-0.05, 0) is 67.2 Å². The van der Waals surface area contributed by atoms with E-state index in [2.05, 4.69) is 40.3 Å². The van der Waals surface area contributed by atoms with Crippen molar-refractivity contribution in [2.75, 3.05) is 41.7 Å². The van der Waals surface area contributed by atoms with Crippen LogP contribution in [0.2, 0.25) is 10.0 Å². The van der Waals surface area contributed by atoms with Crippen LogP contribution in [0.3, 0.4) is 0 Å². The minimum atomic E-state index is -3.71. The summed E-state index contributed by atoms with van der Waals surface area (Å²) in [6.45, 7) is 12.9. The Bertz CT molecular complexity index is 2190. The molecule has 2 fully saturated rings. The minimum Gasteiger partial charge on any atom is -0.383 e. The van der Waals surface area contributed by atoms with Crippen molar-refractivity contribution in [2.45, 2.75) is 138 Å². The Morgan fingerprint density at radius 1 is 0.641 bits per heavy atom. The highest BCUT2D eigenvalue weighted by Gasteiger charge is 2.40. The van der Waals surface area contributed by atoms with E-state index in [1.807, 2.05) is 27.7 Å². The summed E-state index contributed by atoms with van der Waals surface area (Å²) in [5.41, 5.74) is -0.512. The third-order valence-corrected chi connectivity index (χ3v) is 15.7. The normalized spacial score (nSPS) is 20.4. The monoisotopic (exact) mass is 974 g/mol. The first-order chi connectivity index (χ1) is 30.2. The average Bonchev–Trinajstić information content (AvgIpc) is 4.02. The number of methoxy groups -OCH3 is 4. The van der Waals surface area contributed by atoms with Gasteiger partial charge in [-0.3, -0.25) is 0 Å². The Kier molecular flexibility index (Phi) is 17.7. The summed E-state index contributed by atoms with van der Waals surface area (Å²) in [7, 11) is -1.39. The Labute approximate surface area is 385 Å². The molecule has 0 spiro atoms. The van der Waals surface area contributed by atoms with Crippen LogP contribution >= 0.6 is 23.2 Å². The predicted molar refractivity (Wildman–Crippen MR) is 236 cm³/mol. The second-order valence-corrected chi connectivity index (χ2v) is 22.5. The molecular weight excluding hydrogens is 916 g/mol. The summed E-state index contributed by atoms with van der Waals surface area (Å²) < 4.78 is 90.3. The van der Waals surface area contributed by atoms with E-state index in [9.17, 15) is 16.8 Å². The molecule has 0 aromatic carbocycles. The summed E-state index contributed by atoms with van der Waals surface area (Å²) in [5.74, 6) is 1.79. The van der Waals surface area contributed by atoms with Crippen molar-refractivity contribution in [1.29, 1.82) is 0 Å². The molecule has 24 heteroatoms. The highest BCUT2D eigenvalue weighted by molar-refractivity contribution is 7.91. The average molecular weight is 976 g/mol. The summed E-state index contributed by atoms with van der Waals surface area (Å²) in [5, 5.41) is 15.9. The van der Waals surface area contributed by atoms with Gasteiger partial charge in [-0.1, -0.05) is 23.2 Å². The quantitative estimate of drug-likeness (QED) is 0.108. The molecule has 0 radical (unpaired) electrons. The van der Waals surface area contributed by atoms with Gasteiger partial charge >= 0.3 is 0 Å². The van der Waals surface area contributed by atoms with Gasteiger partial charge in [-0.25, -0.2) is 36.8 Å². The molecule has 0 bridgehead atoms. The van der Waals surface area contributed by atoms with Crippen molar-refractivity contribution < 1.29 is 45.3 Å². The molecular formula is C40H60Cl2N10O10S2. The van der Waals surface area contributed by atoms with Crippen LogP contribution < -0.4 is 0 Å². The highest BCUT2D eigenvalue weighted by Crippen LogP contribution is 2.40. The van der Waals surface area contributed by atoms with Gasteiger partial charge in [-0.2, -0.15) is 0 Å². The first-order valence-corrected chi connectivity index (χ1v) is 25.0. The van der Waals surface area contributed by atoms with Crippen molar-refractivity contribution in [1.82, 2.24) is 49.5 Å². The van der Waals surface area contributed by atoms with E-state index in [0.29, 0.717) is 59.6 Å². The Hall–Kier alpha value is -3.32. The first-order valence-electron chi connectivity index (χ1n) is 20.8. The fraction of sp³-hybridized carbons (Fsp3) is 0.700. The zero-order valence-electron chi connectivity index (χ0n) is 38.0. The summed E-state index contributed by atoms with van der Waals surface area (Å²) in [4.78, 5) is 16.5. The van der Waals surface area contributed by atoms with Crippen molar-refractivity contribution in [3.8, 4) is 0 Å². The SMILES string of the molecule is COCCn1c(CS(=O)(=O)[C@@H](C)[C@H](OC)c2ncc(Cl)cn2)nnc1[C@@H]1CCC(C)(C)O1.COCCn1c(CS(=O)(=O)[C@@H](C)[C@H](OC)c2ncc(Cl)cn2)nnc1[C@H]1CCC(C)(C)O1. The maximum Gasteiger partial charge on any atom is 0.163 e. The Morgan fingerprint density at radius 3 is 1.27 bits per heavy atom. The Morgan fingerprint density at radius 2 is 0.984 bits per heavy atom. The van der Waals surface area contributed by atoms with Crippen LogP contribution in [0, 0.1) is 0 Å². The van der Waals surface area contributed by atoms with Crippen LogP contribution in [0.1, 0.15) is 127 Å². The number of nitrogens with zero attached hydrogens (tertiary/aromatic N) is 10. The molecule has 6 atom stereocenters. The molecule has 6 heterocycles. The minimum absolute atomic E-state index is 0.238. The van der Waals surface area contributed by atoms with E-state index < -0.39 is 42.4 Å². The number of sulfone groups is 2. The fourth-order valence-electron chi connectivity index (χ4n) is 7.52. The maximum atomic E-state index is 13.3. The zero-order valence-corrected chi connectivity index (χ0v) is 41.1. The van der Waals surface area contributed by atoms with E-state index in [1.54, 1.807) is 37.2 Å². The van der Waals surface area contributed by atoms with Gasteiger partial charge in [0.1, 0.15) is 47.6 Å². The van der Waals surface area contributed by atoms with Gasteiger partial charge in [0.2, 0.25) is 0 Å². The van der Waals surface area contributed by atoms with Gasteiger partial charge in [-0.15, -0.1) is 20.4 Å². The van der Waals surface area contributed by atoms with Crippen LogP contribution in [0.5, 0.6) is 0 Å². The number of rotatable bonds is 20. The third kappa shape index (κ3) is 13.0. The largest absolute Gasteiger partial charge is 0.383 e. The molecule has 0 N–H and O–H groups in total. The molecule has 2 saturated heterocycles. The number of hydrogen-bond donors (Lipinski definition) is 0. The van der Waals surface area contributed by atoms with Crippen molar-refractivity contribution in [3.05, 3.63) is 69.8 Å². The van der Waals surface area contributed by atoms with Gasteiger partial charge < -0.3 is 37.6 Å². The number of ether oxygens (including phenoxy) is 6. The van der Waals surface area contributed by atoms with Crippen LogP contribution in [-0.4, -0.2) is 130 Å². The van der Waals surface area contributed by atoms with Crippen LogP contribution in [0.25, 0.3) is 0 Å². The molecule has 4 aromatic rings. The summed E-state index contributed by atoms with van der Waals surface area (Å²) in [6.07, 6.45) is 6.80. The molecule has 6 rings (SSSR count). The van der Waals surface area contributed by atoms with E-state index in [0.717, 1.165) is 25.7 Å². The fourth-order valence-corrected chi connectivity index (χ4v) is 10.6. The molecule has 356 valence electrons. The van der Waals surface area contributed by atoms with Crippen molar-refractivity contribution in [2.24, 2.45) is 0 Å². The molecule has 64 heavy (non-hydrogen) atoms. The standard InChI is InChI=1S/2C20H30ClN5O5S/c2*1-13(17(30-5)18-22-10-14(21)11-23-18)32(27,28)12-16-24-25-19(26(16)8-9-29-4)15-6-7-20(2,3)31-15/h2*10-11,13,15,17H,6-9,12H2,1-5H3/t13-,15+,17-;13-,15-,17-/m00/s1. The van der Waals surface area contributed by atoms with Crippen LogP contribution in [0.15, 0.2) is 24.8 Å². The van der Waals surface area contributed by atoms with Gasteiger partial charge in [0.15, 0.2) is 43.0 Å². The molecule has 4 aromatic heterocycles. The lowest BCUT2D eigenvalue weighted by atomic mass is 10.1. The van der Waals surface area contributed by atoms with E-state index in [1.165, 1.54) is 39.0 Å². The molecule has 2 aliphatic rings. The lowest BCUT2D eigenvalue weighted by molar-refractivity contribution is -0.0222. The molecule has 2 aliphatic heterocycles. The second-order valence-electron chi connectivity index (χ2n) is 16.9. The first kappa shape index (κ1) is 51.7. The van der Waals surface area contributed by atoms with Gasteiger partial charge in [0, 0.05) is 66.3 Å². The molecule has 0 aliphatic carbocycles. The van der Waals surface area contributed by atoms with E-state index in [4.69, 9.17) is 51.6 Å². The summed E-state index contributed by atoms with van der Waals surface area (Å²) >= 11 is 11.7. The smallest absolute Gasteiger partial charge is 0.163 e. The summed E-state index contributed by atoms with van der Waals surface area (Å²) in [6, 6.07) is 0. The predicted octanol–water partition coefficient (Wildman–Crippen LogP) is 5.38. The van der Waals surface area contributed by atoms with Crippen LogP contribution in [0.4, 0.5) is 0 Å². The van der Waals surface area contributed by atoms with Crippen molar-refractivity contribution >= 4 is 42.9 Å². The number of hydrogen-bond acceptors (Lipinski definition) is 18.